The second-order valence-electron chi connectivity index (χ2n) is 17.5. The van der Waals surface area contributed by atoms with Crippen molar-refractivity contribution in [1.29, 1.82) is 0 Å². The number of imidazole rings is 2. The van der Waals surface area contributed by atoms with E-state index in [1.807, 2.05) is 49.9 Å². The molecule has 5 heterocycles. The summed E-state index contributed by atoms with van der Waals surface area (Å²) in [5.41, 5.74) is 8.25. The Morgan fingerprint density at radius 1 is 0.721 bits per heavy atom. The Bertz CT molecular complexity index is 2260. The highest BCUT2D eigenvalue weighted by atomic mass is 16.5. The van der Waals surface area contributed by atoms with Crippen LogP contribution < -0.4 is 10.6 Å². The standard InChI is InChI=1S/C46H58N8O7/c1-26(2)38(51-44(57)59-5)42(55)53-21-7-10-35(53)40-47-24-33(49-40)29-14-12-28(13-15-29)30-16-17-31(32-18-20-46(37(30)32)19-9-23-61-46)34-25-48-41(50-34)36-11-8-22-54(36)43(56)39(27(3)4)52-45(58)60-6/h12-17,24-27,35-36,38-39H,7-11,18-23H2,1-6H3,(H,47,49)(H,48,50)(H,51,57)(H,52,58)/t35-,36-,38+,39+,46?/m1/s1. The zero-order valence-corrected chi connectivity index (χ0v) is 36.0. The third-order valence-corrected chi connectivity index (χ3v) is 13.1. The number of nitrogens with zero attached hydrogens (tertiary/aromatic N) is 4. The van der Waals surface area contributed by atoms with Crippen LogP contribution in [-0.4, -0.2) is 99.7 Å². The van der Waals surface area contributed by atoms with Crippen LogP contribution in [0.15, 0.2) is 48.8 Å². The minimum absolute atomic E-state index is 0.112. The molecule has 4 aromatic rings. The van der Waals surface area contributed by atoms with Crippen molar-refractivity contribution in [2.75, 3.05) is 33.9 Å². The number of aromatic nitrogens is 4. The number of benzene rings is 2. The molecular formula is C46H58N8O7. The average molecular weight is 835 g/mol. The summed E-state index contributed by atoms with van der Waals surface area (Å²) in [5.74, 6) is 0.963. The molecule has 0 bridgehead atoms. The van der Waals surface area contributed by atoms with Gasteiger partial charge in [0.25, 0.3) is 0 Å². The topological polar surface area (TPSA) is 184 Å². The second-order valence-corrected chi connectivity index (χ2v) is 17.5. The quantitative estimate of drug-likeness (QED) is 0.122. The summed E-state index contributed by atoms with van der Waals surface area (Å²) in [5, 5.41) is 5.45. The molecule has 0 saturated carbocycles. The lowest BCUT2D eigenvalue weighted by molar-refractivity contribution is -0.136. The van der Waals surface area contributed by atoms with Crippen molar-refractivity contribution >= 4 is 24.0 Å². The normalized spacial score (nSPS) is 21.9. The van der Waals surface area contributed by atoms with E-state index in [1.165, 1.54) is 25.3 Å². The van der Waals surface area contributed by atoms with Crippen LogP contribution >= 0.6 is 0 Å². The van der Waals surface area contributed by atoms with Crippen molar-refractivity contribution in [2.24, 2.45) is 11.8 Å². The summed E-state index contributed by atoms with van der Waals surface area (Å²) >= 11 is 0. The van der Waals surface area contributed by atoms with Gasteiger partial charge in [-0.05, 0) is 91.0 Å². The Morgan fingerprint density at radius 3 is 1.77 bits per heavy atom. The molecule has 1 spiro atoms. The van der Waals surface area contributed by atoms with E-state index in [-0.39, 0.29) is 41.3 Å². The van der Waals surface area contributed by atoms with Crippen LogP contribution in [0.5, 0.6) is 0 Å². The molecule has 4 N–H and O–H groups in total. The molecule has 0 radical (unpaired) electrons. The smallest absolute Gasteiger partial charge is 0.407 e. The van der Waals surface area contributed by atoms with Gasteiger partial charge in [-0.15, -0.1) is 0 Å². The maximum absolute atomic E-state index is 13.8. The number of ether oxygens (including phenoxy) is 3. The molecule has 1 unspecified atom stereocenters. The summed E-state index contributed by atoms with van der Waals surface area (Å²) in [4.78, 5) is 72.0. The third kappa shape index (κ3) is 7.99. The number of carbonyl (C=O) groups excluding carboxylic acids is 4. The van der Waals surface area contributed by atoms with Gasteiger partial charge in [0.15, 0.2) is 0 Å². The second kappa shape index (κ2) is 17.3. The SMILES string of the molecule is COC(=O)N[C@H](C(=O)N1CCC[C@@H]1c1ncc(-c2ccc(-c3ccc(-c4cnc([C@H]5CCCN5C(=O)[C@@H](NC(=O)OC)C(C)C)[nH]4)c4c3C3(CCCO3)CC4)cc2)[nH]1)C(C)C. The van der Waals surface area contributed by atoms with Crippen LogP contribution in [0.1, 0.15) is 108 Å². The number of nitrogens with one attached hydrogen (secondary N) is 4. The summed E-state index contributed by atoms with van der Waals surface area (Å²) < 4.78 is 16.2. The van der Waals surface area contributed by atoms with Gasteiger partial charge in [0.2, 0.25) is 11.8 Å². The van der Waals surface area contributed by atoms with Crippen molar-refractivity contribution < 1.29 is 33.4 Å². The maximum Gasteiger partial charge on any atom is 0.407 e. The Labute approximate surface area is 356 Å². The number of carbonyl (C=O) groups is 4. The number of amides is 4. The first-order valence-corrected chi connectivity index (χ1v) is 21.7. The molecule has 3 aliphatic heterocycles. The fourth-order valence-corrected chi connectivity index (χ4v) is 9.98. The first-order valence-electron chi connectivity index (χ1n) is 21.7. The molecule has 2 aromatic carbocycles. The number of hydrogen-bond acceptors (Lipinski definition) is 9. The summed E-state index contributed by atoms with van der Waals surface area (Å²) in [6.07, 6.45) is 9.47. The number of hydrogen-bond donors (Lipinski definition) is 4. The van der Waals surface area contributed by atoms with E-state index in [2.05, 4.69) is 57.0 Å². The van der Waals surface area contributed by atoms with E-state index in [1.54, 1.807) is 0 Å². The predicted molar refractivity (Wildman–Crippen MR) is 228 cm³/mol. The number of methoxy groups -OCH3 is 2. The van der Waals surface area contributed by atoms with E-state index >= 15 is 0 Å². The van der Waals surface area contributed by atoms with Gasteiger partial charge in [-0.1, -0.05) is 64.1 Å². The number of aromatic amines is 2. The third-order valence-electron chi connectivity index (χ3n) is 13.1. The van der Waals surface area contributed by atoms with Gasteiger partial charge in [0.05, 0.1) is 55.7 Å². The average Bonchev–Trinajstić information content (AvgIpc) is 4.13. The number of fused-ring (bicyclic) bond motifs is 2. The lowest BCUT2D eigenvalue weighted by Crippen LogP contribution is -2.51. The summed E-state index contributed by atoms with van der Waals surface area (Å²) in [6, 6.07) is 11.1. The molecule has 4 aliphatic rings. The van der Waals surface area contributed by atoms with Crippen LogP contribution in [0, 0.1) is 11.8 Å². The van der Waals surface area contributed by atoms with Crippen LogP contribution in [-0.2, 0) is 35.8 Å². The van der Waals surface area contributed by atoms with Gasteiger partial charge < -0.3 is 44.6 Å². The molecular weight excluding hydrogens is 777 g/mol. The van der Waals surface area contributed by atoms with Gasteiger partial charge >= 0.3 is 12.2 Å². The highest BCUT2D eigenvalue weighted by Crippen LogP contribution is 2.53. The molecule has 3 saturated heterocycles. The Hall–Kier alpha value is -5.70. The van der Waals surface area contributed by atoms with E-state index in [4.69, 9.17) is 24.2 Å². The lowest BCUT2D eigenvalue weighted by Gasteiger charge is -2.30. The monoisotopic (exact) mass is 834 g/mol. The molecule has 15 heteroatoms. The van der Waals surface area contributed by atoms with Gasteiger partial charge in [-0.3, -0.25) is 9.59 Å². The molecule has 61 heavy (non-hydrogen) atoms. The zero-order chi connectivity index (χ0) is 43.0. The zero-order valence-electron chi connectivity index (χ0n) is 36.0. The van der Waals surface area contributed by atoms with Crippen molar-refractivity contribution in [1.82, 2.24) is 40.4 Å². The minimum atomic E-state index is -0.700. The molecule has 4 amide bonds. The fourth-order valence-electron chi connectivity index (χ4n) is 9.98. The minimum Gasteiger partial charge on any atom is -0.453 e. The van der Waals surface area contributed by atoms with Crippen molar-refractivity contribution in [3.05, 3.63) is 71.6 Å². The fraction of sp³-hybridized carbons (Fsp3) is 0.522. The first kappa shape index (κ1) is 42.0. The molecule has 2 aromatic heterocycles. The highest BCUT2D eigenvalue weighted by molar-refractivity contribution is 5.87. The summed E-state index contributed by atoms with van der Waals surface area (Å²) in [6.45, 7) is 9.56. The Kier molecular flexibility index (Phi) is 11.9. The Morgan fingerprint density at radius 2 is 1.25 bits per heavy atom. The number of H-pyrrole nitrogens is 2. The van der Waals surface area contributed by atoms with E-state index in [9.17, 15) is 19.2 Å². The van der Waals surface area contributed by atoms with Crippen LogP contribution in [0.25, 0.3) is 33.6 Å². The highest BCUT2D eigenvalue weighted by Gasteiger charge is 2.46. The van der Waals surface area contributed by atoms with Gasteiger partial charge in [-0.25, -0.2) is 19.6 Å². The van der Waals surface area contributed by atoms with Crippen LogP contribution in [0.4, 0.5) is 9.59 Å². The number of likely N-dealkylation sites (tertiary alicyclic amines) is 2. The molecule has 324 valence electrons. The van der Waals surface area contributed by atoms with Gasteiger partial charge in [-0.2, -0.15) is 0 Å². The van der Waals surface area contributed by atoms with E-state index in [0.29, 0.717) is 13.1 Å². The largest absolute Gasteiger partial charge is 0.453 e. The number of alkyl carbamates (subject to hydrolysis) is 2. The lowest BCUT2D eigenvalue weighted by atomic mass is 9.84. The molecule has 8 rings (SSSR count). The van der Waals surface area contributed by atoms with Gasteiger partial charge in [0.1, 0.15) is 23.7 Å². The van der Waals surface area contributed by atoms with Crippen LogP contribution in [0.3, 0.4) is 0 Å². The summed E-state index contributed by atoms with van der Waals surface area (Å²) in [7, 11) is 2.59. The molecule has 1 aliphatic carbocycles. The Balaban J connectivity index is 1.04. The number of rotatable bonds is 11. The van der Waals surface area contributed by atoms with E-state index in [0.717, 1.165) is 103 Å². The van der Waals surface area contributed by atoms with Crippen molar-refractivity contribution in [2.45, 2.75) is 109 Å². The predicted octanol–water partition coefficient (Wildman–Crippen LogP) is 7.17. The van der Waals surface area contributed by atoms with Crippen molar-refractivity contribution in [3.63, 3.8) is 0 Å². The molecule has 3 fully saturated rings. The van der Waals surface area contributed by atoms with E-state index < -0.39 is 24.3 Å². The molecule has 15 nitrogen and oxygen atoms in total. The maximum atomic E-state index is 13.8. The van der Waals surface area contributed by atoms with Crippen LogP contribution in [0.2, 0.25) is 0 Å². The van der Waals surface area contributed by atoms with Crippen molar-refractivity contribution in [3.8, 4) is 33.6 Å². The first-order chi connectivity index (χ1) is 29.4. The molecule has 5 atom stereocenters. The van der Waals surface area contributed by atoms with Gasteiger partial charge in [0, 0.05) is 25.3 Å².